The highest BCUT2D eigenvalue weighted by atomic mass is 31.2. The van der Waals surface area contributed by atoms with Crippen LogP contribution in [0.2, 0.25) is 0 Å². The molecule has 0 radical (unpaired) electrons. The van der Waals surface area contributed by atoms with Crippen molar-refractivity contribution < 1.29 is 80.2 Å². The largest absolute Gasteiger partial charge is 0.472 e. The van der Waals surface area contributed by atoms with Gasteiger partial charge in [-0.05, 0) is 37.5 Å². The van der Waals surface area contributed by atoms with Crippen LogP contribution in [0, 0.1) is 11.8 Å². The Morgan fingerprint density at radius 1 is 0.284 bits per heavy atom. The molecule has 0 aromatic heterocycles. The van der Waals surface area contributed by atoms with Crippen molar-refractivity contribution in [3.05, 3.63) is 0 Å². The fourth-order valence-corrected chi connectivity index (χ4v) is 14.4. The second kappa shape index (κ2) is 74.5. The zero-order chi connectivity index (χ0) is 74.9. The summed E-state index contributed by atoms with van der Waals surface area (Å²) < 4.78 is 68.8. The number of carbonyl (C=O) groups is 4. The average molecular weight is 1490 g/mol. The molecule has 0 heterocycles. The van der Waals surface area contributed by atoms with Crippen LogP contribution in [0.5, 0.6) is 0 Å². The van der Waals surface area contributed by atoms with Crippen LogP contribution < -0.4 is 0 Å². The standard InChI is InChI=1S/C83H162O17P2/c1-7-10-12-14-16-18-20-22-24-26-28-29-30-32-34-36-38-43-47-55-61-67-82(87)99-78(71-93-80(85)65-59-53-46-42-37-35-33-31-27-25-23-21-19-17-15-13-11-8-2)73-97-101(89,90)95-69-77(84)70-96-102(91,92)98-74-79(72-94-81(86)66-60-54-50-49-52-58-64-76(6)9-3)100-83(88)68-62-56-48-44-40-39-41-45-51-57-63-75(4)5/h75-79,84H,7-74H2,1-6H3,(H,89,90)(H,91,92)/t76?,77-,78-,79-/m1/s1. The first kappa shape index (κ1) is 100. The van der Waals surface area contributed by atoms with E-state index in [0.717, 1.165) is 108 Å². The number of carbonyl (C=O) groups excluding carboxylic acids is 4. The van der Waals surface area contributed by atoms with Crippen LogP contribution in [0.3, 0.4) is 0 Å². The highest BCUT2D eigenvalue weighted by Gasteiger charge is 2.30. The van der Waals surface area contributed by atoms with Gasteiger partial charge >= 0.3 is 39.5 Å². The predicted octanol–water partition coefficient (Wildman–Crippen LogP) is 25.1. The van der Waals surface area contributed by atoms with Crippen LogP contribution >= 0.6 is 15.6 Å². The van der Waals surface area contributed by atoms with E-state index in [1.165, 1.54) is 250 Å². The maximum atomic E-state index is 13.1. The summed E-state index contributed by atoms with van der Waals surface area (Å²) in [5, 5.41) is 10.6. The van der Waals surface area contributed by atoms with Crippen LogP contribution in [0.1, 0.15) is 440 Å². The number of phosphoric ester groups is 2. The number of hydrogen-bond acceptors (Lipinski definition) is 15. The number of aliphatic hydroxyl groups is 1. The molecule has 0 spiro atoms. The molecule has 0 bridgehead atoms. The van der Waals surface area contributed by atoms with Crippen LogP contribution in [0.25, 0.3) is 0 Å². The molecule has 0 saturated heterocycles. The summed E-state index contributed by atoms with van der Waals surface area (Å²) in [7, 11) is -9.92. The van der Waals surface area contributed by atoms with E-state index in [2.05, 4.69) is 41.5 Å². The van der Waals surface area contributed by atoms with Crippen LogP contribution in [-0.2, 0) is 65.4 Å². The lowest BCUT2D eigenvalue weighted by Crippen LogP contribution is -2.30. The first-order valence-corrected chi connectivity index (χ1v) is 46.0. The summed E-state index contributed by atoms with van der Waals surface area (Å²) in [6.45, 7) is 9.59. The Labute approximate surface area is 626 Å². The van der Waals surface area contributed by atoms with Gasteiger partial charge in [-0.2, -0.15) is 0 Å². The second-order valence-electron chi connectivity index (χ2n) is 30.6. The predicted molar refractivity (Wildman–Crippen MR) is 418 cm³/mol. The van der Waals surface area contributed by atoms with E-state index < -0.39 is 97.5 Å². The molecule has 17 nitrogen and oxygen atoms in total. The zero-order valence-corrected chi connectivity index (χ0v) is 68.7. The van der Waals surface area contributed by atoms with Crippen molar-refractivity contribution in [3.63, 3.8) is 0 Å². The quantitative estimate of drug-likeness (QED) is 0.0222. The minimum atomic E-state index is -4.96. The molecular weight excluding hydrogens is 1330 g/mol. The fraction of sp³-hybridized carbons (Fsp3) is 0.952. The van der Waals surface area contributed by atoms with Gasteiger partial charge in [0, 0.05) is 25.7 Å². The summed E-state index contributed by atoms with van der Waals surface area (Å²) in [5.74, 6) is -0.626. The smallest absolute Gasteiger partial charge is 0.462 e. The van der Waals surface area contributed by atoms with E-state index in [-0.39, 0.29) is 25.7 Å². The molecular formula is C83H162O17P2. The SMILES string of the molecule is CCCCCCCCCCCCCCCCCCCCCCCC(=O)O[C@H](COC(=O)CCCCCCCCCCCCCCCCCCCC)COP(=O)(O)OC[C@@H](O)COP(=O)(O)OC[C@@H](COC(=O)CCCCCCCCC(C)CC)OC(=O)CCCCCCCCCCCCC(C)C. The molecule has 3 N–H and O–H groups in total. The first-order chi connectivity index (χ1) is 49.4. The minimum Gasteiger partial charge on any atom is -0.462 e. The summed E-state index contributed by atoms with van der Waals surface area (Å²) >= 11 is 0. The van der Waals surface area contributed by atoms with Crippen LogP contribution in [0.4, 0.5) is 0 Å². The molecule has 0 saturated carbocycles. The molecule has 0 aromatic carbocycles. The van der Waals surface area contributed by atoms with Gasteiger partial charge in [-0.1, -0.05) is 388 Å². The van der Waals surface area contributed by atoms with Gasteiger partial charge in [-0.3, -0.25) is 37.3 Å². The monoisotopic (exact) mass is 1490 g/mol. The molecule has 606 valence electrons. The van der Waals surface area contributed by atoms with Gasteiger partial charge in [0.1, 0.15) is 19.3 Å². The normalized spacial score (nSPS) is 14.1. The number of hydrogen-bond donors (Lipinski definition) is 3. The number of ether oxygens (including phenoxy) is 4. The number of phosphoric acid groups is 2. The van der Waals surface area contributed by atoms with Gasteiger partial charge in [0.2, 0.25) is 0 Å². The van der Waals surface area contributed by atoms with E-state index in [1.54, 1.807) is 0 Å². The molecule has 6 atom stereocenters. The highest BCUT2D eigenvalue weighted by Crippen LogP contribution is 2.45. The first-order valence-electron chi connectivity index (χ1n) is 43.0. The average Bonchev–Trinajstić information content (AvgIpc) is 0.912. The molecule has 19 heteroatoms. The summed E-state index contributed by atoms with van der Waals surface area (Å²) in [5.41, 5.74) is 0. The van der Waals surface area contributed by atoms with Gasteiger partial charge < -0.3 is 33.8 Å². The molecule has 0 aliphatic carbocycles. The Kier molecular flexibility index (Phi) is 73.1. The van der Waals surface area contributed by atoms with Crippen molar-refractivity contribution in [2.75, 3.05) is 39.6 Å². The van der Waals surface area contributed by atoms with E-state index in [9.17, 15) is 43.2 Å². The van der Waals surface area contributed by atoms with Crippen LogP contribution in [0.15, 0.2) is 0 Å². The Morgan fingerprint density at radius 3 is 0.745 bits per heavy atom. The third-order valence-corrected chi connectivity index (χ3v) is 21.7. The van der Waals surface area contributed by atoms with E-state index in [1.807, 2.05) is 0 Å². The number of esters is 4. The molecule has 0 rings (SSSR count). The maximum Gasteiger partial charge on any atom is 0.472 e. The van der Waals surface area contributed by atoms with Gasteiger partial charge in [0.15, 0.2) is 12.2 Å². The van der Waals surface area contributed by atoms with Gasteiger partial charge in [0.25, 0.3) is 0 Å². The minimum absolute atomic E-state index is 0.105. The number of unbranched alkanes of at least 4 members (excludes halogenated alkanes) is 51. The topological polar surface area (TPSA) is 237 Å². The molecule has 0 aliphatic rings. The third-order valence-electron chi connectivity index (χ3n) is 19.8. The highest BCUT2D eigenvalue weighted by molar-refractivity contribution is 7.47. The van der Waals surface area contributed by atoms with Crippen molar-refractivity contribution in [2.45, 2.75) is 458 Å². The number of rotatable bonds is 82. The summed E-state index contributed by atoms with van der Waals surface area (Å²) in [6.07, 6.45) is 65.4. The molecule has 3 unspecified atom stereocenters. The molecule has 0 aliphatic heterocycles. The molecule has 102 heavy (non-hydrogen) atoms. The number of aliphatic hydroxyl groups excluding tert-OH is 1. The van der Waals surface area contributed by atoms with Crippen molar-refractivity contribution >= 4 is 39.5 Å². The lowest BCUT2D eigenvalue weighted by Gasteiger charge is -2.21. The van der Waals surface area contributed by atoms with Crippen molar-refractivity contribution in [3.8, 4) is 0 Å². The van der Waals surface area contributed by atoms with Crippen molar-refractivity contribution in [1.82, 2.24) is 0 Å². The van der Waals surface area contributed by atoms with Crippen molar-refractivity contribution in [1.29, 1.82) is 0 Å². The fourth-order valence-electron chi connectivity index (χ4n) is 12.9. The molecule has 0 amide bonds. The maximum absolute atomic E-state index is 13.1. The van der Waals surface area contributed by atoms with Crippen LogP contribution in [-0.4, -0.2) is 96.7 Å². The Hall–Kier alpha value is -1.94. The lowest BCUT2D eigenvalue weighted by atomic mass is 10.00. The summed E-state index contributed by atoms with van der Waals surface area (Å²) in [6, 6.07) is 0. The van der Waals surface area contributed by atoms with Crippen molar-refractivity contribution in [2.24, 2.45) is 11.8 Å². The lowest BCUT2D eigenvalue weighted by molar-refractivity contribution is -0.161. The van der Waals surface area contributed by atoms with Gasteiger partial charge in [-0.15, -0.1) is 0 Å². The summed E-state index contributed by atoms with van der Waals surface area (Å²) in [4.78, 5) is 73.1. The Morgan fingerprint density at radius 2 is 0.500 bits per heavy atom. The Bertz CT molecular complexity index is 1960. The Balaban J connectivity index is 5.22. The zero-order valence-electron chi connectivity index (χ0n) is 66.9. The second-order valence-corrected chi connectivity index (χ2v) is 33.5. The van der Waals surface area contributed by atoms with Gasteiger partial charge in [0.05, 0.1) is 26.4 Å². The third kappa shape index (κ3) is 74.9. The molecule has 0 fully saturated rings. The molecule has 0 aromatic rings. The van der Waals surface area contributed by atoms with E-state index in [4.69, 9.17) is 37.0 Å². The van der Waals surface area contributed by atoms with E-state index in [0.29, 0.717) is 25.7 Å². The van der Waals surface area contributed by atoms with Gasteiger partial charge in [-0.25, -0.2) is 9.13 Å². The van der Waals surface area contributed by atoms with E-state index >= 15 is 0 Å².